The molecular weight excluding hydrogens is 356 g/mol. The lowest BCUT2D eigenvalue weighted by Gasteiger charge is -2.47. The molecule has 142 valence electrons. The Labute approximate surface area is 153 Å². The summed E-state index contributed by atoms with van der Waals surface area (Å²) in [5, 5.41) is 12.5. The summed E-state index contributed by atoms with van der Waals surface area (Å²) in [5.41, 5.74) is -1.39. The van der Waals surface area contributed by atoms with Gasteiger partial charge in [0.1, 0.15) is 17.1 Å². The first-order chi connectivity index (χ1) is 13.0. The highest BCUT2D eigenvalue weighted by Crippen LogP contribution is 2.40. The quantitative estimate of drug-likeness (QED) is 0.861. The monoisotopic (exact) mass is 375 g/mol. The summed E-state index contributed by atoms with van der Waals surface area (Å²) in [5.74, 6) is -2.96. The molecule has 0 unspecified atom stereocenters. The largest absolute Gasteiger partial charge is 0.477 e. The number of benzene rings is 1. The molecule has 1 aliphatic carbocycles. The van der Waals surface area contributed by atoms with Crippen LogP contribution in [0.15, 0.2) is 17.1 Å². The second kappa shape index (κ2) is 5.76. The van der Waals surface area contributed by atoms with E-state index < -0.39 is 28.6 Å². The van der Waals surface area contributed by atoms with Gasteiger partial charge in [-0.25, -0.2) is 13.6 Å². The van der Waals surface area contributed by atoms with Crippen LogP contribution in [-0.2, 0) is 0 Å². The highest BCUT2D eigenvalue weighted by molar-refractivity contribution is 5.94. The zero-order chi connectivity index (χ0) is 18.9. The van der Waals surface area contributed by atoms with E-state index in [2.05, 4.69) is 5.32 Å². The van der Waals surface area contributed by atoms with Crippen LogP contribution in [0.5, 0.6) is 0 Å². The van der Waals surface area contributed by atoms with Crippen LogP contribution < -0.4 is 15.6 Å². The molecule has 0 radical (unpaired) electrons. The van der Waals surface area contributed by atoms with E-state index in [1.54, 1.807) is 4.90 Å². The third kappa shape index (κ3) is 2.46. The van der Waals surface area contributed by atoms with Crippen LogP contribution in [0.1, 0.15) is 42.1 Å². The van der Waals surface area contributed by atoms with Gasteiger partial charge in [-0.2, -0.15) is 0 Å². The average Bonchev–Trinajstić information content (AvgIpc) is 3.48. The lowest BCUT2D eigenvalue weighted by molar-refractivity contribution is 0.0695. The molecule has 6 nitrogen and oxygen atoms in total. The fourth-order valence-corrected chi connectivity index (χ4v) is 4.47. The molecule has 2 atom stereocenters. The highest BCUT2D eigenvalue weighted by Gasteiger charge is 2.37. The van der Waals surface area contributed by atoms with Crippen molar-refractivity contribution in [3.8, 4) is 0 Å². The van der Waals surface area contributed by atoms with E-state index in [1.807, 2.05) is 0 Å². The van der Waals surface area contributed by atoms with Crippen molar-refractivity contribution in [1.82, 2.24) is 9.88 Å². The topological polar surface area (TPSA) is 74.6 Å². The number of nitrogens with one attached hydrogen (secondary N) is 1. The van der Waals surface area contributed by atoms with Crippen LogP contribution in [0.3, 0.4) is 0 Å². The van der Waals surface area contributed by atoms with Gasteiger partial charge in [-0.1, -0.05) is 0 Å². The van der Waals surface area contributed by atoms with Crippen LogP contribution in [0, 0.1) is 11.6 Å². The number of halogens is 2. The fourth-order valence-electron chi connectivity index (χ4n) is 4.47. The van der Waals surface area contributed by atoms with Crippen molar-refractivity contribution in [3.63, 3.8) is 0 Å². The zero-order valence-electron chi connectivity index (χ0n) is 14.5. The van der Waals surface area contributed by atoms with Crippen LogP contribution >= 0.6 is 0 Å². The Kier molecular flexibility index (Phi) is 3.56. The number of carboxylic acid groups (broad SMARTS) is 1. The minimum Gasteiger partial charge on any atom is -0.477 e. The number of aromatic nitrogens is 1. The number of carbonyl (C=O) groups is 1. The van der Waals surface area contributed by atoms with Crippen LogP contribution in [0.4, 0.5) is 14.5 Å². The van der Waals surface area contributed by atoms with E-state index >= 15 is 4.39 Å². The van der Waals surface area contributed by atoms with E-state index in [4.69, 9.17) is 0 Å². The van der Waals surface area contributed by atoms with E-state index in [9.17, 15) is 19.1 Å². The molecule has 3 aliphatic heterocycles. The van der Waals surface area contributed by atoms with E-state index in [1.165, 1.54) is 10.8 Å². The summed E-state index contributed by atoms with van der Waals surface area (Å²) in [7, 11) is 0. The third-order valence-corrected chi connectivity index (χ3v) is 5.99. The molecule has 0 amide bonds. The van der Waals surface area contributed by atoms with Gasteiger partial charge >= 0.3 is 5.97 Å². The average molecular weight is 375 g/mol. The van der Waals surface area contributed by atoms with Crippen molar-refractivity contribution < 1.29 is 18.7 Å². The number of aromatic carboxylic acids is 1. The van der Waals surface area contributed by atoms with Gasteiger partial charge in [-0.05, 0) is 31.7 Å². The van der Waals surface area contributed by atoms with Crippen LogP contribution in [0.2, 0.25) is 0 Å². The maximum Gasteiger partial charge on any atom is 0.341 e. The number of hydrogen-bond donors (Lipinski definition) is 2. The predicted octanol–water partition coefficient (Wildman–Crippen LogP) is 2.25. The van der Waals surface area contributed by atoms with Gasteiger partial charge in [0.05, 0.1) is 10.9 Å². The molecule has 4 heterocycles. The smallest absolute Gasteiger partial charge is 0.341 e. The molecule has 4 aliphatic rings. The fraction of sp³-hybridized carbons (Fsp3) is 0.474. The van der Waals surface area contributed by atoms with E-state index in [0.29, 0.717) is 13.1 Å². The number of carboxylic acids is 1. The molecule has 2 aromatic rings. The van der Waals surface area contributed by atoms with Crippen molar-refractivity contribution in [1.29, 1.82) is 0 Å². The maximum atomic E-state index is 15.6. The lowest BCUT2D eigenvalue weighted by atomic mass is 9.92. The first-order valence-electron chi connectivity index (χ1n) is 9.26. The number of anilines is 1. The molecule has 2 bridgehead atoms. The Hall–Kier alpha value is -2.48. The molecule has 1 aromatic carbocycles. The minimum atomic E-state index is -1.39. The summed E-state index contributed by atoms with van der Waals surface area (Å²) < 4.78 is 32.1. The molecule has 1 aromatic heterocycles. The Morgan fingerprint density at radius 2 is 1.93 bits per heavy atom. The van der Waals surface area contributed by atoms with Gasteiger partial charge in [0.15, 0.2) is 5.82 Å². The number of rotatable bonds is 3. The van der Waals surface area contributed by atoms with Gasteiger partial charge in [0, 0.05) is 37.4 Å². The van der Waals surface area contributed by atoms with E-state index in [-0.39, 0.29) is 34.7 Å². The van der Waals surface area contributed by atoms with Crippen molar-refractivity contribution in [2.45, 2.75) is 43.8 Å². The number of nitrogens with zero attached hydrogens (tertiary/aromatic N) is 2. The van der Waals surface area contributed by atoms with Crippen molar-refractivity contribution in [3.05, 3.63) is 39.7 Å². The summed E-state index contributed by atoms with van der Waals surface area (Å²) in [6.45, 7) is 1.19. The molecule has 6 rings (SSSR count). The molecule has 2 N–H and O–H groups in total. The molecule has 4 fully saturated rings. The Morgan fingerprint density at radius 1 is 1.19 bits per heavy atom. The van der Waals surface area contributed by atoms with Gasteiger partial charge in [-0.3, -0.25) is 4.79 Å². The number of piperazine rings is 1. The van der Waals surface area contributed by atoms with Crippen molar-refractivity contribution >= 4 is 22.6 Å². The first kappa shape index (κ1) is 16.7. The van der Waals surface area contributed by atoms with Crippen molar-refractivity contribution in [2.24, 2.45) is 0 Å². The van der Waals surface area contributed by atoms with Gasteiger partial charge in [-0.15, -0.1) is 0 Å². The van der Waals surface area contributed by atoms with Gasteiger partial charge < -0.3 is 19.9 Å². The zero-order valence-corrected chi connectivity index (χ0v) is 14.5. The number of piperidine rings is 2. The highest BCUT2D eigenvalue weighted by atomic mass is 19.1. The summed E-state index contributed by atoms with van der Waals surface area (Å²) in [4.78, 5) is 25.7. The summed E-state index contributed by atoms with van der Waals surface area (Å²) in [6, 6.07) is 1.16. The number of hydrogen-bond acceptors (Lipinski definition) is 4. The van der Waals surface area contributed by atoms with Crippen molar-refractivity contribution in [2.75, 3.05) is 18.0 Å². The standard InChI is InChI=1S/C19H19F2N3O3/c20-14-5-12-16(24(10-3-4-10)8-13(18(12)25)19(26)27)15(21)17(14)23-7-9-1-2-11(23)6-22-9/h5,8-11,22H,1-4,6-7H2,(H,26,27)/t9-,11-/m1/s1. The van der Waals surface area contributed by atoms with Crippen LogP contribution in [-0.4, -0.2) is 40.8 Å². The van der Waals surface area contributed by atoms with Gasteiger partial charge in [0.2, 0.25) is 5.43 Å². The second-order valence-electron chi connectivity index (χ2n) is 7.72. The third-order valence-electron chi connectivity index (χ3n) is 5.99. The molecule has 27 heavy (non-hydrogen) atoms. The summed E-state index contributed by atoms with van der Waals surface area (Å²) in [6.07, 6.45) is 4.61. The Morgan fingerprint density at radius 3 is 2.48 bits per heavy atom. The summed E-state index contributed by atoms with van der Waals surface area (Å²) >= 11 is 0. The molecule has 1 saturated carbocycles. The first-order valence-corrected chi connectivity index (χ1v) is 9.26. The second-order valence-corrected chi connectivity index (χ2v) is 7.72. The minimum absolute atomic E-state index is 0.0100. The normalized spacial score (nSPS) is 24.6. The van der Waals surface area contributed by atoms with E-state index in [0.717, 1.165) is 31.7 Å². The SMILES string of the molecule is O=C(O)c1cn(C2CC2)c2c(F)c(N3C[C@H]4CC[C@@H]3CN4)c(F)cc2c1=O. The molecule has 3 saturated heterocycles. The lowest BCUT2D eigenvalue weighted by Crippen LogP contribution is -2.61. The Bertz CT molecular complexity index is 1020. The number of fused-ring (bicyclic) bond motifs is 4. The molecule has 8 heteroatoms. The van der Waals surface area contributed by atoms with Crippen LogP contribution in [0.25, 0.3) is 10.9 Å². The predicted molar refractivity (Wildman–Crippen MR) is 95.5 cm³/mol. The Balaban J connectivity index is 1.77. The molecular formula is C19H19F2N3O3. The number of pyridine rings is 1. The molecule has 0 spiro atoms. The van der Waals surface area contributed by atoms with Gasteiger partial charge in [0.25, 0.3) is 0 Å². The maximum absolute atomic E-state index is 15.6.